The van der Waals surface area contributed by atoms with Gasteiger partial charge in [0.2, 0.25) is 0 Å². The number of halogens is 3. The highest BCUT2D eigenvalue weighted by atomic mass is 19.4. The smallest absolute Gasteiger partial charge is 0.410 e. The van der Waals surface area contributed by atoms with Crippen molar-refractivity contribution in [2.75, 3.05) is 17.7 Å². The number of nitrogens with zero attached hydrogens (tertiary/aromatic N) is 2. The number of anilines is 2. The first kappa shape index (κ1) is 22.7. The number of carbonyl (C=O) groups is 1. The summed E-state index contributed by atoms with van der Waals surface area (Å²) in [5.74, 6) is 0.0804. The van der Waals surface area contributed by atoms with Crippen LogP contribution < -0.4 is 15.4 Å². The minimum absolute atomic E-state index is 0.110. The van der Waals surface area contributed by atoms with Crippen molar-refractivity contribution in [2.24, 2.45) is 0 Å². The number of aliphatic hydroxyl groups excluding tert-OH is 1. The lowest BCUT2D eigenvalue weighted by atomic mass is 9.97. The number of aromatic nitrogens is 2. The number of fused-ring (bicyclic) bond motifs is 1. The predicted octanol–water partition coefficient (Wildman–Crippen LogP) is 4.86. The summed E-state index contributed by atoms with van der Waals surface area (Å²) in [6, 6.07) is 12.1. The van der Waals surface area contributed by atoms with Gasteiger partial charge in [0.05, 0.1) is 19.3 Å². The van der Waals surface area contributed by atoms with Gasteiger partial charge in [-0.05, 0) is 42.3 Å². The first-order valence-electron chi connectivity index (χ1n) is 10.3. The van der Waals surface area contributed by atoms with E-state index in [1.54, 1.807) is 55.5 Å². The molecule has 3 aromatic rings. The Kier molecular flexibility index (Phi) is 6.03. The van der Waals surface area contributed by atoms with E-state index in [0.717, 1.165) is 4.68 Å². The zero-order valence-electron chi connectivity index (χ0n) is 17.9. The maximum absolute atomic E-state index is 13.9. The number of methoxy groups -OCH3 is 1. The van der Waals surface area contributed by atoms with Crippen molar-refractivity contribution in [3.63, 3.8) is 0 Å². The lowest BCUT2D eigenvalue weighted by molar-refractivity contribution is -0.173. The van der Waals surface area contributed by atoms with Gasteiger partial charge in [-0.15, -0.1) is 0 Å². The number of rotatable bonds is 5. The molecule has 0 bridgehead atoms. The summed E-state index contributed by atoms with van der Waals surface area (Å²) in [7, 11) is 1.51. The van der Waals surface area contributed by atoms with Crippen molar-refractivity contribution in [1.29, 1.82) is 0 Å². The zero-order chi connectivity index (χ0) is 23.8. The number of hydrogen-bond acceptors (Lipinski definition) is 5. The van der Waals surface area contributed by atoms with Gasteiger partial charge in [0.15, 0.2) is 11.7 Å². The Morgan fingerprint density at radius 2 is 1.88 bits per heavy atom. The quantitative estimate of drug-likeness (QED) is 0.506. The van der Waals surface area contributed by atoms with Gasteiger partial charge in [-0.25, -0.2) is 4.68 Å². The van der Waals surface area contributed by atoms with Crippen molar-refractivity contribution in [2.45, 2.75) is 37.7 Å². The molecule has 1 aliphatic rings. The molecule has 3 N–H and O–H groups in total. The summed E-state index contributed by atoms with van der Waals surface area (Å²) in [5.41, 5.74) is 1.64. The zero-order valence-corrected chi connectivity index (χ0v) is 17.9. The number of benzene rings is 2. The molecule has 0 saturated carbocycles. The van der Waals surface area contributed by atoms with E-state index in [9.17, 15) is 23.1 Å². The van der Waals surface area contributed by atoms with Crippen LogP contribution in [0.5, 0.6) is 5.75 Å². The monoisotopic (exact) mass is 460 g/mol. The van der Waals surface area contributed by atoms with Gasteiger partial charge >= 0.3 is 6.18 Å². The molecule has 174 valence electrons. The number of alkyl halides is 3. The average molecular weight is 460 g/mol. The predicted molar refractivity (Wildman–Crippen MR) is 116 cm³/mol. The van der Waals surface area contributed by atoms with Gasteiger partial charge in [-0.3, -0.25) is 4.79 Å². The van der Waals surface area contributed by atoms with E-state index in [2.05, 4.69) is 15.7 Å². The number of nitrogens with one attached hydrogen (secondary N) is 2. The number of carbonyl (C=O) groups excluding carboxylic acids is 1. The maximum Gasteiger partial charge on any atom is 0.410 e. The first-order valence-corrected chi connectivity index (χ1v) is 10.3. The van der Waals surface area contributed by atoms with Crippen LogP contribution >= 0.6 is 0 Å². The SMILES string of the molecule is COc1ccc([C@H]2C[C@H](C(F)(F)F)n3nc(C(=O)Nc4ccc([C@@H](C)O)cc4)cc3N2)cc1. The van der Waals surface area contributed by atoms with Crippen molar-refractivity contribution in [3.05, 3.63) is 71.4 Å². The van der Waals surface area contributed by atoms with E-state index in [1.165, 1.54) is 13.2 Å². The second-order valence-electron chi connectivity index (χ2n) is 7.87. The second-order valence-corrected chi connectivity index (χ2v) is 7.87. The van der Waals surface area contributed by atoms with Crippen LogP contribution in [0.4, 0.5) is 24.7 Å². The van der Waals surface area contributed by atoms with Crippen LogP contribution in [0.1, 0.15) is 53.1 Å². The molecule has 1 aliphatic heterocycles. The van der Waals surface area contributed by atoms with Crippen LogP contribution in [-0.4, -0.2) is 34.1 Å². The summed E-state index contributed by atoms with van der Waals surface area (Å²) >= 11 is 0. The summed E-state index contributed by atoms with van der Waals surface area (Å²) in [6.45, 7) is 1.62. The first-order chi connectivity index (χ1) is 15.7. The topological polar surface area (TPSA) is 88.4 Å². The third kappa shape index (κ3) is 4.80. The molecule has 2 heterocycles. The second kappa shape index (κ2) is 8.78. The standard InChI is InChI=1S/C23H23F3N4O3/c1-13(31)14-3-7-16(8-4-14)27-22(32)19-12-21-28-18(15-5-9-17(33-2)10-6-15)11-20(23(24,25)26)30(21)29-19/h3-10,12-13,18,20,28,31H,11H2,1-2H3,(H,27,32)/t13-,18-,20-/m1/s1. The lowest BCUT2D eigenvalue weighted by Crippen LogP contribution is -2.35. The molecule has 33 heavy (non-hydrogen) atoms. The van der Waals surface area contributed by atoms with Gasteiger partial charge in [0, 0.05) is 18.2 Å². The summed E-state index contributed by atoms with van der Waals surface area (Å²) in [5, 5.41) is 19.2. The summed E-state index contributed by atoms with van der Waals surface area (Å²) in [4.78, 5) is 12.7. The highest BCUT2D eigenvalue weighted by Crippen LogP contribution is 2.43. The Morgan fingerprint density at radius 3 is 2.45 bits per heavy atom. The fraction of sp³-hybridized carbons (Fsp3) is 0.304. The molecular formula is C23H23F3N4O3. The third-order valence-corrected chi connectivity index (χ3v) is 5.59. The Morgan fingerprint density at radius 1 is 1.21 bits per heavy atom. The molecule has 0 spiro atoms. The Balaban J connectivity index is 1.59. The van der Waals surface area contributed by atoms with Gasteiger partial charge in [0.1, 0.15) is 11.6 Å². The van der Waals surface area contributed by atoms with E-state index in [0.29, 0.717) is 22.6 Å². The van der Waals surface area contributed by atoms with Crippen LogP contribution in [-0.2, 0) is 0 Å². The van der Waals surface area contributed by atoms with Crippen molar-refractivity contribution >= 4 is 17.4 Å². The average Bonchev–Trinajstić information content (AvgIpc) is 3.22. The van der Waals surface area contributed by atoms with Crippen molar-refractivity contribution in [1.82, 2.24) is 9.78 Å². The normalized spacial score (nSPS) is 18.7. The van der Waals surface area contributed by atoms with Crippen LogP contribution in [0, 0.1) is 0 Å². The molecule has 0 radical (unpaired) electrons. The number of aliphatic hydroxyl groups is 1. The largest absolute Gasteiger partial charge is 0.497 e. The fourth-order valence-corrected chi connectivity index (χ4v) is 3.78. The summed E-state index contributed by atoms with van der Waals surface area (Å²) in [6.07, 6.45) is -5.47. The highest BCUT2D eigenvalue weighted by molar-refractivity contribution is 6.03. The molecule has 7 nitrogen and oxygen atoms in total. The van der Waals surface area contributed by atoms with E-state index in [4.69, 9.17) is 4.74 Å². The maximum atomic E-state index is 13.9. The van der Waals surface area contributed by atoms with Gasteiger partial charge in [0.25, 0.3) is 5.91 Å². The van der Waals surface area contributed by atoms with Gasteiger partial charge in [-0.1, -0.05) is 24.3 Å². The van der Waals surface area contributed by atoms with Gasteiger partial charge < -0.3 is 20.5 Å². The van der Waals surface area contributed by atoms with E-state index in [-0.39, 0.29) is 17.9 Å². The Hall–Kier alpha value is -3.53. The third-order valence-electron chi connectivity index (χ3n) is 5.59. The Bertz CT molecular complexity index is 1130. The minimum Gasteiger partial charge on any atom is -0.497 e. The number of hydrogen-bond donors (Lipinski definition) is 3. The van der Waals surface area contributed by atoms with Crippen LogP contribution in [0.15, 0.2) is 54.6 Å². The lowest BCUT2D eigenvalue weighted by Gasteiger charge is -2.33. The molecule has 0 fully saturated rings. The number of ether oxygens (including phenoxy) is 1. The molecule has 0 aliphatic carbocycles. The Labute approximate surface area is 188 Å². The molecule has 1 amide bonds. The molecule has 3 atom stereocenters. The molecular weight excluding hydrogens is 437 g/mol. The van der Waals surface area contributed by atoms with E-state index in [1.807, 2.05) is 0 Å². The number of amides is 1. The van der Waals surface area contributed by atoms with E-state index >= 15 is 0 Å². The summed E-state index contributed by atoms with van der Waals surface area (Å²) < 4.78 is 47.5. The van der Waals surface area contributed by atoms with E-state index < -0.39 is 30.3 Å². The molecule has 4 rings (SSSR count). The molecule has 0 unspecified atom stereocenters. The van der Waals surface area contributed by atoms with Gasteiger partial charge in [-0.2, -0.15) is 18.3 Å². The van der Waals surface area contributed by atoms with Crippen LogP contribution in [0.25, 0.3) is 0 Å². The molecule has 10 heteroatoms. The molecule has 2 aromatic carbocycles. The molecule has 1 aromatic heterocycles. The van der Waals surface area contributed by atoms with Crippen molar-refractivity contribution in [3.8, 4) is 5.75 Å². The minimum atomic E-state index is -4.54. The van der Waals surface area contributed by atoms with Crippen molar-refractivity contribution < 1.29 is 27.8 Å². The highest BCUT2D eigenvalue weighted by Gasteiger charge is 2.46. The fourth-order valence-electron chi connectivity index (χ4n) is 3.78. The van der Waals surface area contributed by atoms with Crippen LogP contribution in [0.3, 0.4) is 0 Å². The van der Waals surface area contributed by atoms with Crippen LogP contribution in [0.2, 0.25) is 0 Å². The molecule has 0 saturated heterocycles.